The number of hydrogen-bond donors (Lipinski definition) is 3. The Kier molecular flexibility index (Phi) is 72.9. The highest BCUT2D eigenvalue weighted by molar-refractivity contribution is 7.47. The van der Waals surface area contributed by atoms with Gasteiger partial charge in [0.2, 0.25) is 0 Å². The van der Waals surface area contributed by atoms with Crippen molar-refractivity contribution in [3.63, 3.8) is 0 Å². The largest absolute Gasteiger partial charge is 0.472 e. The highest BCUT2D eigenvalue weighted by atomic mass is 31.2. The van der Waals surface area contributed by atoms with E-state index in [0.717, 1.165) is 135 Å². The van der Waals surface area contributed by atoms with Gasteiger partial charge < -0.3 is 33.8 Å². The summed E-state index contributed by atoms with van der Waals surface area (Å²) >= 11 is 0. The van der Waals surface area contributed by atoms with E-state index in [1.54, 1.807) is 0 Å². The first-order valence-electron chi connectivity index (χ1n) is 40.4. The van der Waals surface area contributed by atoms with Gasteiger partial charge in [-0.2, -0.15) is 0 Å². The van der Waals surface area contributed by atoms with Crippen LogP contribution in [0.1, 0.15) is 323 Å². The molecule has 17 nitrogen and oxygen atoms in total. The van der Waals surface area contributed by atoms with Crippen LogP contribution in [0.25, 0.3) is 0 Å². The maximum Gasteiger partial charge on any atom is 0.472 e. The van der Waals surface area contributed by atoms with Crippen LogP contribution in [0, 0.1) is 0 Å². The smallest absolute Gasteiger partial charge is 0.462 e. The fourth-order valence-corrected chi connectivity index (χ4v) is 11.9. The molecule has 19 heteroatoms. The number of allylic oxidation sites excluding steroid dienone is 22. The van der Waals surface area contributed by atoms with E-state index in [9.17, 15) is 43.2 Å². The van der Waals surface area contributed by atoms with Crippen LogP contribution in [0.3, 0.4) is 0 Å². The highest BCUT2D eigenvalue weighted by Gasteiger charge is 2.30. The van der Waals surface area contributed by atoms with Crippen molar-refractivity contribution in [2.75, 3.05) is 39.6 Å². The second kappa shape index (κ2) is 76.4. The average Bonchev–Trinajstić information content (AvgIpc) is 0.909. The zero-order valence-electron chi connectivity index (χ0n) is 65.2. The standard InChI is InChI=1S/C85H144O17P2/c1-5-9-13-17-21-25-29-33-37-39-43-46-50-54-58-62-66-70-83(88)96-76-80(101-84(89)71-67-63-59-55-51-47-42-36-32-28-24-20-16-12-8-4)77-99-103(91,92)97-73-79(86)74-98-104(93,94)100-78-81(75-95-82(87)69-65-61-57-53-49-45-41-35-31-27-23-19-15-11-7-3)102-85(90)72-68-64-60-56-52-48-44-40-38-34-30-26-22-18-14-10-6-2/h21-23,25-27,33-38,41-44,46,48,54,56,58,60,79-81,86H,5-20,24,28-32,39-40,45,47,49-53,55,57,59,61-78H2,1-4H3,(H,91,92)(H,93,94)/b25-21-,26-22-,27-23-,37-33-,38-34-,41-35-,42-36-,46-43-,48-44-,58-54-,60-56-/t79-,80-,81-/m1/s1. The van der Waals surface area contributed by atoms with Gasteiger partial charge in [0.25, 0.3) is 0 Å². The molecule has 0 saturated heterocycles. The summed E-state index contributed by atoms with van der Waals surface area (Å²) in [5.74, 6) is -2.33. The molecule has 104 heavy (non-hydrogen) atoms. The predicted octanol–water partition coefficient (Wildman–Crippen LogP) is 23.7. The summed E-state index contributed by atoms with van der Waals surface area (Å²) in [6, 6.07) is 0. The normalized spacial score (nSPS) is 14.6. The Balaban J connectivity index is 5.48. The maximum absolute atomic E-state index is 13.1. The minimum atomic E-state index is -5.00. The lowest BCUT2D eigenvalue weighted by atomic mass is 10.1. The first-order chi connectivity index (χ1) is 50.7. The number of ether oxygens (including phenoxy) is 4. The van der Waals surface area contributed by atoms with Crippen molar-refractivity contribution < 1.29 is 80.2 Å². The van der Waals surface area contributed by atoms with Gasteiger partial charge in [-0.3, -0.25) is 37.3 Å². The van der Waals surface area contributed by atoms with Gasteiger partial charge in [-0.05, 0) is 161 Å². The van der Waals surface area contributed by atoms with E-state index in [4.69, 9.17) is 37.0 Å². The van der Waals surface area contributed by atoms with E-state index in [-0.39, 0.29) is 25.7 Å². The van der Waals surface area contributed by atoms with Crippen LogP contribution in [0.15, 0.2) is 134 Å². The second-order valence-electron chi connectivity index (χ2n) is 26.6. The molecule has 5 atom stereocenters. The molecule has 0 heterocycles. The number of hydrogen-bond acceptors (Lipinski definition) is 15. The van der Waals surface area contributed by atoms with Crippen molar-refractivity contribution >= 4 is 39.5 Å². The third-order valence-electron chi connectivity index (χ3n) is 16.6. The van der Waals surface area contributed by atoms with Gasteiger partial charge in [-0.1, -0.05) is 271 Å². The lowest BCUT2D eigenvalue weighted by Crippen LogP contribution is -2.30. The Morgan fingerprint density at radius 2 is 0.481 bits per heavy atom. The van der Waals surface area contributed by atoms with E-state index in [1.165, 1.54) is 96.3 Å². The Labute approximate surface area is 631 Å². The first-order valence-corrected chi connectivity index (χ1v) is 43.4. The van der Waals surface area contributed by atoms with Crippen LogP contribution < -0.4 is 0 Å². The van der Waals surface area contributed by atoms with Crippen LogP contribution in [0.2, 0.25) is 0 Å². The lowest BCUT2D eigenvalue weighted by Gasteiger charge is -2.21. The van der Waals surface area contributed by atoms with Crippen LogP contribution in [-0.2, 0) is 65.4 Å². The van der Waals surface area contributed by atoms with Gasteiger partial charge >= 0.3 is 39.5 Å². The van der Waals surface area contributed by atoms with E-state index < -0.39 is 97.5 Å². The molecule has 0 aliphatic carbocycles. The summed E-state index contributed by atoms with van der Waals surface area (Å²) in [6.45, 7) is 4.65. The highest BCUT2D eigenvalue weighted by Crippen LogP contribution is 2.45. The number of phosphoric ester groups is 2. The summed E-state index contributed by atoms with van der Waals surface area (Å²) in [6.07, 6.45) is 85.8. The Hall–Kier alpha value is -4.80. The molecular formula is C85H144O17P2. The maximum atomic E-state index is 13.1. The Bertz CT molecular complexity index is 2490. The number of aliphatic hydroxyl groups is 1. The molecule has 2 unspecified atom stereocenters. The molecule has 0 rings (SSSR count). The van der Waals surface area contributed by atoms with Gasteiger partial charge in [-0.15, -0.1) is 0 Å². The third-order valence-corrected chi connectivity index (χ3v) is 18.5. The summed E-state index contributed by atoms with van der Waals surface area (Å²) in [5.41, 5.74) is 0. The summed E-state index contributed by atoms with van der Waals surface area (Å²) in [5, 5.41) is 10.6. The fourth-order valence-electron chi connectivity index (χ4n) is 10.3. The number of unbranched alkanes of at least 4 members (excludes halogenated alkanes) is 27. The van der Waals surface area contributed by atoms with Crippen molar-refractivity contribution in [1.29, 1.82) is 0 Å². The number of carbonyl (C=O) groups is 4. The molecular weight excluding hydrogens is 1350 g/mol. The molecule has 596 valence electrons. The molecule has 0 radical (unpaired) electrons. The number of aliphatic hydroxyl groups excluding tert-OH is 1. The summed E-state index contributed by atoms with van der Waals surface area (Å²) in [7, 11) is -10.0. The molecule has 0 saturated carbocycles. The van der Waals surface area contributed by atoms with Gasteiger partial charge in [0.1, 0.15) is 19.3 Å². The molecule has 0 aliphatic heterocycles. The number of rotatable bonds is 75. The van der Waals surface area contributed by atoms with Gasteiger partial charge in [0, 0.05) is 25.7 Å². The average molecular weight is 1500 g/mol. The van der Waals surface area contributed by atoms with Crippen molar-refractivity contribution in [2.24, 2.45) is 0 Å². The van der Waals surface area contributed by atoms with Crippen molar-refractivity contribution in [3.8, 4) is 0 Å². The summed E-state index contributed by atoms with van der Waals surface area (Å²) in [4.78, 5) is 73.0. The van der Waals surface area contributed by atoms with Crippen LogP contribution >= 0.6 is 15.6 Å². The van der Waals surface area contributed by atoms with Gasteiger partial charge in [0.15, 0.2) is 12.2 Å². The Morgan fingerprint density at radius 1 is 0.269 bits per heavy atom. The molecule has 0 bridgehead atoms. The molecule has 0 fully saturated rings. The van der Waals surface area contributed by atoms with E-state index in [2.05, 4.69) is 137 Å². The lowest BCUT2D eigenvalue weighted by molar-refractivity contribution is -0.161. The van der Waals surface area contributed by atoms with Crippen molar-refractivity contribution in [1.82, 2.24) is 0 Å². The van der Waals surface area contributed by atoms with Crippen LogP contribution in [-0.4, -0.2) is 96.7 Å². The van der Waals surface area contributed by atoms with Crippen molar-refractivity contribution in [2.45, 2.75) is 341 Å². The molecule has 0 spiro atoms. The predicted molar refractivity (Wildman–Crippen MR) is 427 cm³/mol. The van der Waals surface area contributed by atoms with Gasteiger partial charge in [-0.25, -0.2) is 9.13 Å². The van der Waals surface area contributed by atoms with E-state index >= 15 is 0 Å². The van der Waals surface area contributed by atoms with E-state index in [1.807, 2.05) is 24.3 Å². The number of esters is 4. The number of phosphoric acid groups is 2. The second-order valence-corrected chi connectivity index (χ2v) is 29.5. The fraction of sp³-hybridized carbons (Fsp3) is 0.694. The third kappa shape index (κ3) is 75.4. The minimum Gasteiger partial charge on any atom is -0.462 e. The van der Waals surface area contributed by atoms with E-state index in [0.29, 0.717) is 38.5 Å². The molecule has 3 N–H and O–H groups in total. The molecule has 0 aliphatic rings. The van der Waals surface area contributed by atoms with Crippen molar-refractivity contribution in [3.05, 3.63) is 134 Å². The molecule has 0 aromatic rings. The molecule has 0 amide bonds. The SMILES string of the molecule is CCCCC/C=C\C/C=C\C/C=C\C/C=C\CCCC(=O)OC[C@H](COP(=O)(O)OC[C@@H](O)COP(=O)(O)OC[C@@H](COC(=O)CCCCCCC/C=C\C/C=C\CCCCC)OC(=O)CCC/C=C\C/C=C\C/C=C\C/C=C\CCCCC)OC(=O)CCCCCCC/C=C\CCCCCCCC. The topological polar surface area (TPSA) is 237 Å². The van der Waals surface area contributed by atoms with Crippen LogP contribution in [0.5, 0.6) is 0 Å². The quantitative estimate of drug-likeness (QED) is 0.0169. The van der Waals surface area contributed by atoms with Gasteiger partial charge in [0.05, 0.1) is 26.4 Å². The molecule has 0 aromatic carbocycles. The number of carbonyl (C=O) groups excluding carboxylic acids is 4. The minimum absolute atomic E-state index is 0.0119. The zero-order chi connectivity index (χ0) is 76.0. The first kappa shape index (κ1) is 99.2. The zero-order valence-corrected chi connectivity index (χ0v) is 66.9. The molecule has 0 aromatic heterocycles. The summed E-state index contributed by atoms with van der Waals surface area (Å²) < 4.78 is 68.5. The Morgan fingerprint density at radius 3 is 0.798 bits per heavy atom. The van der Waals surface area contributed by atoms with Crippen LogP contribution in [0.4, 0.5) is 0 Å². The monoisotopic (exact) mass is 1500 g/mol.